The Kier molecular flexibility index (Phi) is 5.38. The van der Waals surface area contributed by atoms with E-state index in [1.807, 2.05) is 78.9 Å². The Balaban J connectivity index is 1.25. The molecule has 10 aromatic rings. The molecule has 0 aliphatic heterocycles. The van der Waals surface area contributed by atoms with Crippen LogP contribution in [0.5, 0.6) is 0 Å². The average molecular weight is 627 g/mol. The summed E-state index contributed by atoms with van der Waals surface area (Å²) in [6.07, 6.45) is 0. The molecule has 0 bridgehead atoms. The molecule has 0 radical (unpaired) electrons. The van der Waals surface area contributed by atoms with Gasteiger partial charge in [-0.05, 0) is 101 Å². The molecule has 228 valence electrons. The first-order chi connectivity index (χ1) is 26.0. The molecular formula is C48H30O. The van der Waals surface area contributed by atoms with Gasteiger partial charge in [-0.2, -0.15) is 0 Å². The highest BCUT2D eigenvalue weighted by Gasteiger charge is 2.18. The van der Waals surface area contributed by atoms with Gasteiger partial charge < -0.3 is 4.42 Å². The van der Waals surface area contributed by atoms with Crippen LogP contribution in [0.1, 0.15) is 5.48 Å². The molecular weight excluding hydrogens is 593 g/mol. The topological polar surface area (TPSA) is 13.1 Å². The van der Waals surface area contributed by atoms with E-state index >= 15 is 0 Å². The lowest BCUT2D eigenvalue weighted by Gasteiger charge is -2.18. The molecule has 1 aromatic heterocycles. The number of furan rings is 1. The van der Waals surface area contributed by atoms with Crippen molar-refractivity contribution in [2.75, 3.05) is 0 Å². The Morgan fingerprint density at radius 2 is 0.980 bits per heavy atom. The van der Waals surface area contributed by atoms with Gasteiger partial charge in [-0.3, -0.25) is 0 Å². The fourth-order valence-electron chi connectivity index (χ4n) is 7.60. The molecule has 1 nitrogen and oxygen atoms in total. The molecule has 0 aliphatic rings. The van der Waals surface area contributed by atoms with Crippen molar-refractivity contribution in [2.45, 2.75) is 0 Å². The molecule has 0 spiro atoms. The van der Waals surface area contributed by atoms with Gasteiger partial charge in [-0.15, -0.1) is 0 Å². The summed E-state index contributed by atoms with van der Waals surface area (Å²) >= 11 is 0. The van der Waals surface area contributed by atoms with Crippen molar-refractivity contribution in [3.63, 3.8) is 0 Å². The molecule has 0 N–H and O–H groups in total. The molecule has 1 heteroatoms. The summed E-state index contributed by atoms with van der Waals surface area (Å²) in [6, 6.07) is 52.6. The van der Waals surface area contributed by atoms with Gasteiger partial charge in [0.2, 0.25) is 0 Å². The lowest BCUT2D eigenvalue weighted by Crippen LogP contribution is -1.91. The van der Waals surface area contributed by atoms with E-state index in [9.17, 15) is 4.11 Å². The van der Waals surface area contributed by atoms with Gasteiger partial charge in [0.05, 0.1) is 5.48 Å². The highest BCUT2D eigenvalue weighted by atomic mass is 16.3. The van der Waals surface area contributed by atoms with Crippen molar-refractivity contribution in [2.24, 2.45) is 0 Å². The number of benzene rings is 9. The summed E-state index contributed by atoms with van der Waals surface area (Å²) in [6.45, 7) is 0. The minimum absolute atomic E-state index is 0.0491. The fraction of sp³-hybridized carbons (Fsp3) is 0. The molecule has 10 rings (SSSR count). The second-order valence-electron chi connectivity index (χ2n) is 12.5. The van der Waals surface area contributed by atoms with E-state index in [-0.39, 0.29) is 24.2 Å². The maximum Gasteiger partial charge on any atom is 0.136 e. The minimum atomic E-state index is -0.214. The first-order valence-electron chi connectivity index (χ1n) is 18.5. The van der Waals surface area contributed by atoms with E-state index in [1.165, 1.54) is 0 Å². The van der Waals surface area contributed by atoms with Crippen LogP contribution in [0.25, 0.3) is 98.8 Å². The van der Waals surface area contributed by atoms with Gasteiger partial charge in [0, 0.05) is 10.8 Å². The summed E-state index contributed by atoms with van der Waals surface area (Å²) in [5.41, 5.74) is 7.66. The van der Waals surface area contributed by atoms with Gasteiger partial charge in [0.15, 0.2) is 0 Å². The fourth-order valence-corrected chi connectivity index (χ4v) is 7.60. The summed E-state index contributed by atoms with van der Waals surface area (Å²) < 4.78 is 44.1. The van der Waals surface area contributed by atoms with Crippen LogP contribution in [0.4, 0.5) is 0 Å². The standard InChI is InChI=1S/C48H30O/c1-2-14-32(15-3-1)46-39-20-6-8-22-41(39)47(42-23-9-7-21-40(42)46)35-18-10-17-33(29-35)38-25-12-26-44-48(38)43-28-27-34(30-45(43)49-44)37-24-11-16-31-13-4-5-19-36(31)37/h1-30H/i10D,17D,18D,29D. The van der Waals surface area contributed by atoms with Crippen LogP contribution < -0.4 is 0 Å². The molecule has 9 aromatic carbocycles. The van der Waals surface area contributed by atoms with Crippen LogP contribution in [-0.2, 0) is 0 Å². The number of rotatable bonds is 4. The molecule has 0 fully saturated rings. The normalized spacial score (nSPS) is 12.8. The second-order valence-corrected chi connectivity index (χ2v) is 12.5. The largest absolute Gasteiger partial charge is 0.456 e. The van der Waals surface area contributed by atoms with Crippen molar-refractivity contribution in [3.05, 3.63) is 182 Å². The van der Waals surface area contributed by atoms with Crippen LogP contribution in [0.2, 0.25) is 0 Å². The number of hydrogen-bond acceptors (Lipinski definition) is 1. The zero-order chi connectivity index (χ0) is 35.8. The predicted molar refractivity (Wildman–Crippen MR) is 208 cm³/mol. The van der Waals surface area contributed by atoms with Crippen LogP contribution in [0.3, 0.4) is 0 Å². The van der Waals surface area contributed by atoms with E-state index in [0.29, 0.717) is 27.9 Å². The average Bonchev–Trinajstić information content (AvgIpc) is 3.58. The molecule has 0 unspecified atom stereocenters. The second kappa shape index (κ2) is 11.1. The van der Waals surface area contributed by atoms with E-state index in [2.05, 4.69) is 78.9 Å². The SMILES string of the molecule is [2H]c1c([2H])c(-c2c3ccccc3c(-c3ccccc3)c3ccccc23)c([2H])c(-c2cccc3oc4cc(-c5cccc6ccccc56)ccc4c23)c1[2H]. The van der Waals surface area contributed by atoms with Crippen molar-refractivity contribution in [1.29, 1.82) is 0 Å². The van der Waals surface area contributed by atoms with Gasteiger partial charge in [-0.25, -0.2) is 0 Å². The molecule has 0 saturated carbocycles. The molecule has 0 amide bonds. The Morgan fingerprint density at radius 3 is 1.73 bits per heavy atom. The van der Waals surface area contributed by atoms with Crippen molar-refractivity contribution in [3.8, 4) is 44.5 Å². The van der Waals surface area contributed by atoms with Crippen LogP contribution in [0.15, 0.2) is 186 Å². The Hall–Kier alpha value is -6.44. The Labute approximate surface area is 289 Å². The summed E-state index contributed by atoms with van der Waals surface area (Å²) in [7, 11) is 0. The van der Waals surface area contributed by atoms with Gasteiger partial charge in [-0.1, -0.05) is 158 Å². The smallest absolute Gasteiger partial charge is 0.136 e. The van der Waals surface area contributed by atoms with Crippen LogP contribution >= 0.6 is 0 Å². The third kappa shape index (κ3) is 4.40. The van der Waals surface area contributed by atoms with Crippen molar-refractivity contribution in [1.82, 2.24) is 0 Å². The van der Waals surface area contributed by atoms with E-state index < -0.39 is 0 Å². The number of hydrogen-bond donors (Lipinski definition) is 0. The molecule has 49 heavy (non-hydrogen) atoms. The van der Waals surface area contributed by atoms with Gasteiger partial charge in [0.1, 0.15) is 11.2 Å². The molecule has 1 heterocycles. The first-order valence-corrected chi connectivity index (χ1v) is 16.5. The lowest BCUT2D eigenvalue weighted by atomic mass is 9.85. The zero-order valence-electron chi connectivity index (χ0n) is 30.4. The number of fused-ring (bicyclic) bond motifs is 6. The Morgan fingerprint density at radius 1 is 0.388 bits per heavy atom. The first kappa shape index (κ1) is 23.8. The van der Waals surface area contributed by atoms with Crippen molar-refractivity contribution < 1.29 is 9.90 Å². The van der Waals surface area contributed by atoms with Gasteiger partial charge >= 0.3 is 0 Å². The van der Waals surface area contributed by atoms with Crippen LogP contribution in [0, 0.1) is 0 Å². The predicted octanol–water partition coefficient (Wildman–Crippen LogP) is 13.7. The zero-order valence-corrected chi connectivity index (χ0v) is 26.4. The van der Waals surface area contributed by atoms with Crippen LogP contribution in [-0.4, -0.2) is 0 Å². The summed E-state index contributed by atoms with van der Waals surface area (Å²) in [5, 5.41) is 7.75. The maximum atomic E-state index is 9.87. The highest BCUT2D eigenvalue weighted by Crippen LogP contribution is 2.45. The minimum Gasteiger partial charge on any atom is -0.456 e. The third-order valence-electron chi connectivity index (χ3n) is 9.74. The molecule has 0 aliphatic carbocycles. The summed E-state index contributed by atoms with van der Waals surface area (Å²) in [4.78, 5) is 0. The maximum absolute atomic E-state index is 9.87. The quantitative estimate of drug-likeness (QED) is 0.177. The van der Waals surface area contributed by atoms with E-state index in [0.717, 1.165) is 70.9 Å². The summed E-state index contributed by atoms with van der Waals surface area (Å²) in [5.74, 6) is 0. The monoisotopic (exact) mass is 626 g/mol. The third-order valence-corrected chi connectivity index (χ3v) is 9.74. The van der Waals surface area contributed by atoms with E-state index in [4.69, 9.17) is 5.79 Å². The highest BCUT2D eigenvalue weighted by molar-refractivity contribution is 6.22. The van der Waals surface area contributed by atoms with E-state index in [1.54, 1.807) is 0 Å². The Bertz CT molecular complexity index is 3040. The van der Waals surface area contributed by atoms with Crippen molar-refractivity contribution >= 4 is 54.3 Å². The molecule has 0 saturated heterocycles. The molecule has 0 atom stereocenters. The lowest BCUT2D eigenvalue weighted by molar-refractivity contribution is 0.669. The van der Waals surface area contributed by atoms with Gasteiger partial charge in [0.25, 0.3) is 0 Å².